The van der Waals surface area contributed by atoms with Crippen molar-refractivity contribution in [2.75, 3.05) is 0 Å². The summed E-state index contributed by atoms with van der Waals surface area (Å²) in [5.41, 5.74) is 0. The molecule has 0 spiro atoms. The van der Waals surface area contributed by atoms with Crippen molar-refractivity contribution in [1.29, 1.82) is 0 Å². The van der Waals surface area contributed by atoms with Crippen LogP contribution in [0.4, 0.5) is 0 Å². The number of thiol groups is 1. The first-order valence-corrected chi connectivity index (χ1v) is 2.75. The van der Waals surface area contributed by atoms with Gasteiger partial charge in [0.1, 0.15) is 0 Å². The predicted octanol–water partition coefficient (Wildman–Crippen LogP) is -0.949. The van der Waals surface area contributed by atoms with Crippen molar-refractivity contribution >= 4 is 23.2 Å². The Balaban J connectivity index is 3.85. The minimum Gasteiger partial charge on any atom is -0.205 e. The number of hydrogen-bond acceptors (Lipinski definition) is 4. The molecule has 6 heteroatoms. The van der Waals surface area contributed by atoms with Crippen molar-refractivity contribution in [3.8, 4) is 0 Å². The minimum atomic E-state index is -3.80. The lowest BCUT2D eigenvalue weighted by Crippen LogP contribution is -2.10. The SMILES string of the molecule is NS(=O)(=O)OS. The Morgan fingerprint density at radius 1 is 1.67 bits per heavy atom. The van der Waals surface area contributed by atoms with Crippen LogP contribution in [-0.2, 0) is 13.9 Å². The predicted molar refractivity (Wildman–Crippen MR) is 23.2 cm³/mol. The molecule has 0 rings (SSSR count). The van der Waals surface area contributed by atoms with Gasteiger partial charge in [-0.1, -0.05) is 0 Å². The molecule has 0 aliphatic carbocycles. The summed E-state index contributed by atoms with van der Waals surface area (Å²) < 4.78 is 22.3. The molecular weight excluding hydrogens is 126 g/mol. The fraction of sp³-hybridized carbons (Fsp3) is 0. The number of rotatable bonds is 1. The fourth-order valence-electron chi connectivity index (χ4n) is 0. The van der Waals surface area contributed by atoms with Crippen LogP contribution in [-0.4, -0.2) is 8.42 Å². The van der Waals surface area contributed by atoms with Crippen molar-refractivity contribution in [2.45, 2.75) is 0 Å². The van der Waals surface area contributed by atoms with Crippen molar-refractivity contribution in [1.82, 2.24) is 0 Å². The molecule has 0 fully saturated rings. The summed E-state index contributed by atoms with van der Waals surface area (Å²) in [5.74, 6) is 0. The summed E-state index contributed by atoms with van der Waals surface area (Å²) in [5, 5.41) is 4.21. The van der Waals surface area contributed by atoms with Crippen molar-refractivity contribution < 1.29 is 12.0 Å². The van der Waals surface area contributed by atoms with Crippen LogP contribution in [0, 0.1) is 0 Å². The van der Waals surface area contributed by atoms with Crippen molar-refractivity contribution in [3.05, 3.63) is 0 Å². The van der Waals surface area contributed by atoms with Gasteiger partial charge in [0.25, 0.3) is 0 Å². The fourth-order valence-corrected chi connectivity index (χ4v) is 0. The van der Waals surface area contributed by atoms with Crippen molar-refractivity contribution in [2.24, 2.45) is 5.14 Å². The molecule has 0 aromatic carbocycles. The van der Waals surface area contributed by atoms with Gasteiger partial charge in [0.2, 0.25) is 0 Å². The van der Waals surface area contributed by atoms with Gasteiger partial charge in [-0.15, -0.1) is 0 Å². The third-order valence-corrected chi connectivity index (χ3v) is 0.935. The van der Waals surface area contributed by atoms with Crippen LogP contribution in [0.25, 0.3) is 0 Å². The first-order valence-electron chi connectivity index (χ1n) is 0.918. The highest BCUT2D eigenvalue weighted by atomic mass is 32.3. The molecule has 0 heterocycles. The van der Waals surface area contributed by atoms with E-state index >= 15 is 0 Å². The smallest absolute Gasteiger partial charge is 0.205 e. The second kappa shape index (κ2) is 1.78. The van der Waals surface area contributed by atoms with Crippen LogP contribution >= 0.6 is 12.9 Å². The van der Waals surface area contributed by atoms with Gasteiger partial charge in [-0.2, -0.15) is 12.0 Å². The molecule has 0 aromatic heterocycles. The average Bonchev–Trinajstić information content (AvgIpc) is 1.35. The van der Waals surface area contributed by atoms with Crippen LogP contribution in [0.3, 0.4) is 0 Å². The molecular formula is H3NO3S2. The first kappa shape index (κ1) is 6.22. The van der Waals surface area contributed by atoms with Gasteiger partial charge in [0.05, 0.1) is 0 Å². The molecule has 0 radical (unpaired) electrons. The van der Waals surface area contributed by atoms with E-state index in [0.29, 0.717) is 0 Å². The topological polar surface area (TPSA) is 69.4 Å². The molecule has 0 aliphatic rings. The molecule has 0 saturated heterocycles. The van der Waals surface area contributed by atoms with E-state index in [-0.39, 0.29) is 0 Å². The highest BCUT2D eigenvalue weighted by Gasteiger charge is 1.92. The van der Waals surface area contributed by atoms with Gasteiger partial charge in [-0.05, 0) is 12.9 Å². The molecule has 0 unspecified atom stereocenters. The van der Waals surface area contributed by atoms with Gasteiger partial charge in [0.15, 0.2) is 0 Å². The second-order valence-electron chi connectivity index (χ2n) is 0.567. The van der Waals surface area contributed by atoms with E-state index in [1.165, 1.54) is 0 Å². The molecule has 0 atom stereocenters. The Hall–Kier alpha value is 0.220. The quantitative estimate of drug-likeness (QED) is 0.354. The van der Waals surface area contributed by atoms with Crippen LogP contribution in [0.2, 0.25) is 0 Å². The summed E-state index contributed by atoms with van der Waals surface area (Å²) in [6.07, 6.45) is 0. The largest absolute Gasteiger partial charge is 0.343 e. The van der Waals surface area contributed by atoms with E-state index < -0.39 is 10.3 Å². The zero-order chi connectivity index (χ0) is 5.21. The van der Waals surface area contributed by atoms with Crippen LogP contribution in [0.5, 0.6) is 0 Å². The summed E-state index contributed by atoms with van der Waals surface area (Å²) in [6.45, 7) is 0. The maximum absolute atomic E-state index is 9.48. The van der Waals surface area contributed by atoms with Gasteiger partial charge >= 0.3 is 10.3 Å². The highest BCUT2D eigenvalue weighted by molar-refractivity contribution is 7.94. The van der Waals surface area contributed by atoms with Gasteiger partial charge in [-0.25, -0.2) is 5.14 Å². The first-order chi connectivity index (χ1) is 2.56. The molecule has 0 bridgehead atoms. The monoisotopic (exact) mass is 129 g/mol. The lowest BCUT2D eigenvalue weighted by molar-refractivity contribution is 0.523. The summed E-state index contributed by atoms with van der Waals surface area (Å²) in [6, 6.07) is 0. The minimum absolute atomic E-state index is 2.89. The third kappa shape index (κ3) is 4.22. The zero-order valence-corrected chi connectivity index (χ0v) is 4.37. The number of hydrogen-bond donors (Lipinski definition) is 2. The summed E-state index contributed by atoms with van der Waals surface area (Å²) >= 11 is 2.89. The molecule has 0 aromatic rings. The maximum Gasteiger partial charge on any atom is 0.343 e. The molecule has 4 nitrogen and oxygen atoms in total. The number of nitrogens with two attached hydrogens (primary N) is 1. The normalized spacial score (nSPS) is 11.7. The molecule has 6 heavy (non-hydrogen) atoms. The van der Waals surface area contributed by atoms with Crippen molar-refractivity contribution in [3.63, 3.8) is 0 Å². The molecule has 2 N–H and O–H groups in total. The second-order valence-corrected chi connectivity index (χ2v) is 2.15. The molecule has 38 valence electrons. The lowest BCUT2D eigenvalue weighted by Gasteiger charge is -1.82. The lowest BCUT2D eigenvalue weighted by atomic mass is 13.9. The molecule has 0 aliphatic heterocycles. The average molecular weight is 129 g/mol. The standard InChI is InChI=1S/H3NO3S2/c1-6(2,3)4-5/h5H,(H2,1,2,3). The summed E-state index contributed by atoms with van der Waals surface area (Å²) in [7, 11) is -3.80. The highest BCUT2D eigenvalue weighted by Crippen LogP contribution is 1.81. The zero-order valence-electron chi connectivity index (χ0n) is 2.66. The maximum atomic E-state index is 9.48. The van der Waals surface area contributed by atoms with Crippen LogP contribution in [0.1, 0.15) is 0 Å². The Bertz CT molecular complexity index is 111. The van der Waals surface area contributed by atoms with Gasteiger partial charge in [-0.3, -0.25) is 0 Å². The molecule has 0 saturated carbocycles. The Morgan fingerprint density at radius 2 is 1.83 bits per heavy atom. The van der Waals surface area contributed by atoms with Crippen LogP contribution in [0.15, 0.2) is 0 Å². The van der Waals surface area contributed by atoms with E-state index in [1.807, 2.05) is 0 Å². The Kier molecular flexibility index (Phi) is 1.85. The Morgan fingerprint density at radius 3 is 1.83 bits per heavy atom. The summed E-state index contributed by atoms with van der Waals surface area (Å²) in [4.78, 5) is 0. The van der Waals surface area contributed by atoms with E-state index in [2.05, 4.69) is 21.7 Å². The van der Waals surface area contributed by atoms with E-state index in [1.54, 1.807) is 0 Å². The van der Waals surface area contributed by atoms with Gasteiger partial charge in [0, 0.05) is 0 Å². The van der Waals surface area contributed by atoms with E-state index in [9.17, 15) is 8.42 Å². The molecule has 0 amide bonds. The third-order valence-electron chi connectivity index (χ3n) is 0.104. The van der Waals surface area contributed by atoms with Crippen LogP contribution < -0.4 is 5.14 Å². The van der Waals surface area contributed by atoms with Gasteiger partial charge < -0.3 is 0 Å². The van der Waals surface area contributed by atoms with E-state index in [4.69, 9.17) is 0 Å². The Labute approximate surface area is 41.2 Å². The van der Waals surface area contributed by atoms with E-state index in [0.717, 1.165) is 0 Å².